The highest BCUT2D eigenvalue weighted by molar-refractivity contribution is 5.49. The maximum absolute atomic E-state index is 10.9. The third kappa shape index (κ3) is 4.98. The average molecular weight is 347 g/mol. The minimum atomic E-state index is -0.0633. The molecule has 0 saturated carbocycles. The molecule has 1 N–H and O–H groups in total. The van der Waals surface area contributed by atoms with E-state index >= 15 is 0 Å². The predicted molar refractivity (Wildman–Crippen MR) is 107 cm³/mol. The Balaban J connectivity index is 2.31. The fraction of sp³-hybridized carbons (Fsp3) is 0.727. The van der Waals surface area contributed by atoms with Gasteiger partial charge in [-0.3, -0.25) is 4.90 Å². The molecule has 1 aromatic carbocycles. The lowest BCUT2D eigenvalue weighted by Gasteiger charge is -2.35. The molecule has 1 aliphatic rings. The largest absolute Gasteiger partial charge is 0.507 e. The van der Waals surface area contributed by atoms with E-state index in [0.29, 0.717) is 11.8 Å². The van der Waals surface area contributed by atoms with Crippen molar-refractivity contribution < 1.29 is 5.11 Å². The Kier molecular flexibility index (Phi) is 5.90. The molecule has 2 rings (SSSR count). The number of nitrogens with zero attached hydrogens (tertiary/aromatic N) is 2. The van der Waals surface area contributed by atoms with Gasteiger partial charge in [0.15, 0.2) is 0 Å². The summed E-state index contributed by atoms with van der Waals surface area (Å²) in [4.78, 5) is 4.92. The molecule has 1 fully saturated rings. The Morgan fingerprint density at radius 3 is 1.84 bits per heavy atom. The molecule has 25 heavy (non-hydrogen) atoms. The molecule has 1 aliphatic heterocycles. The highest BCUT2D eigenvalue weighted by atomic mass is 16.3. The van der Waals surface area contributed by atoms with Gasteiger partial charge in [0.25, 0.3) is 0 Å². The second-order valence-corrected chi connectivity index (χ2v) is 9.99. The molecule has 0 radical (unpaired) electrons. The van der Waals surface area contributed by atoms with E-state index in [1.165, 1.54) is 31.5 Å². The molecule has 0 aromatic heterocycles. The third-order valence-electron chi connectivity index (χ3n) is 5.53. The van der Waals surface area contributed by atoms with Crippen LogP contribution in [0.1, 0.15) is 71.1 Å². The Morgan fingerprint density at radius 2 is 1.44 bits per heavy atom. The van der Waals surface area contributed by atoms with E-state index in [1.54, 1.807) is 0 Å². The van der Waals surface area contributed by atoms with Gasteiger partial charge in [0, 0.05) is 12.6 Å². The molecule has 1 aromatic rings. The Morgan fingerprint density at radius 1 is 1.00 bits per heavy atom. The second kappa shape index (κ2) is 7.28. The highest BCUT2D eigenvalue weighted by Gasteiger charge is 2.27. The molecular weight excluding hydrogens is 308 g/mol. The molecule has 142 valence electrons. The lowest BCUT2D eigenvalue weighted by atomic mass is 9.78. The van der Waals surface area contributed by atoms with Gasteiger partial charge in [-0.25, -0.2) is 0 Å². The van der Waals surface area contributed by atoms with E-state index in [2.05, 4.69) is 77.6 Å². The maximum Gasteiger partial charge on any atom is 0.123 e. The van der Waals surface area contributed by atoms with E-state index in [1.807, 2.05) is 0 Å². The minimum absolute atomic E-state index is 0.0633. The SMILES string of the molecule is CN1CCC(N(C)Cc2cc(C(C)(C)C)c(O)c(C(C)(C)C)c2)CC1. The van der Waals surface area contributed by atoms with Gasteiger partial charge in [-0.1, -0.05) is 53.7 Å². The first kappa shape index (κ1) is 20.3. The standard InChI is InChI=1S/C22H38N2O/c1-21(2,3)18-13-16(14-19(20(18)25)22(4,5)6)15-24(8)17-9-11-23(7)12-10-17/h13-14,17,25H,9-12,15H2,1-8H3. The van der Waals surface area contributed by atoms with Crippen LogP contribution in [-0.2, 0) is 17.4 Å². The Labute approximate surface area is 155 Å². The second-order valence-electron chi connectivity index (χ2n) is 9.99. The Bertz CT molecular complexity index is 552. The summed E-state index contributed by atoms with van der Waals surface area (Å²) in [5.41, 5.74) is 3.31. The van der Waals surface area contributed by atoms with Crippen molar-refractivity contribution in [3.63, 3.8) is 0 Å². The minimum Gasteiger partial charge on any atom is -0.507 e. The molecule has 0 atom stereocenters. The molecule has 3 heteroatoms. The summed E-state index contributed by atoms with van der Waals surface area (Å²) in [5, 5.41) is 10.9. The zero-order valence-corrected chi connectivity index (χ0v) is 17.6. The fourth-order valence-corrected chi connectivity index (χ4v) is 3.78. The summed E-state index contributed by atoms with van der Waals surface area (Å²) in [6.45, 7) is 16.4. The van der Waals surface area contributed by atoms with E-state index in [9.17, 15) is 5.11 Å². The molecule has 0 spiro atoms. The topological polar surface area (TPSA) is 26.7 Å². The maximum atomic E-state index is 10.9. The first-order valence-electron chi connectivity index (χ1n) is 9.65. The van der Waals surface area contributed by atoms with Gasteiger partial charge < -0.3 is 10.0 Å². The number of phenols is 1. The van der Waals surface area contributed by atoms with Crippen molar-refractivity contribution in [2.75, 3.05) is 27.2 Å². The monoisotopic (exact) mass is 346 g/mol. The van der Waals surface area contributed by atoms with Gasteiger partial charge in [-0.2, -0.15) is 0 Å². The first-order chi connectivity index (χ1) is 11.4. The summed E-state index contributed by atoms with van der Waals surface area (Å²) >= 11 is 0. The lowest BCUT2D eigenvalue weighted by molar-refractivity contribution is 0.139. The van der Waals surface area contributed by atoms with Gasteiger partial charge in [-0.05, 0) is 67.5 Å². The zero-order chi connectivity index (χ0) is 19.0. The van der Waals surface area contributed by atoms with E-state index in [4.69, 9.17) is 0 Å². The molecule has 3 nitrogen and oxygen atoms in total. The lowest BCUT2D eigenvalue weighted by Crippen LogP contribution is -2.41. The Hall–Kier alpha value is -1.06. The van der Waals surface area contributed by atoms with Crippen molar-refractivity contribution >= 4 is 0 Å². The number of aromatic hydroxyl groups is 1. The average Bonchev–Trinajstić information content (AvgIpc) is 2.47. The smallest absolute Gasteiger partial charge is 0.123 e. The zero-order valence-electron chi connectivity index (χ0n) is 17.6. The summed E-state index contributed by atoms with van der Waals surface area (Å²) in [6.07, 6.45) is 2.48. The van der Waals surface area contributed by atoms with E-state index in [0.717, 1.165) is 17.7 Å². The van der Waals surface area contributed by atoms with Gasteiger partial charge >= 0.3 is 0 Å². The highest BCUT2D eigenvalue weighted by Crippen LogP contribution is 2.40. The van der Waals surface area contributed by atoms with Crippen LogP contribution >= 0.6 is 0 Å². The van der Waals surface area contributed by atoms with Crippen molar-refractivity contribution in [1.29, 1.82) is 0 Å². The van der Waals surface area contributed by atoms with Crippen molar-refractivity contribution in [3.8, 4) is 5.75 Å². The van der Waals surface area contributed by atoms with Crippen LogP contribution in [-0.4, -0.2) is 48.1 Å². The van der Waals surface area contributed by atoms with Crippen molar-refractivity contribution in [2.24, 2.45) is 0 Å². The van der Waals surface area contributed by atoms with Gasteiger partial charge in [0.2, 0.25) is 0 Å². The van der Waals surface area contributed by atoms with Crippen LogP contribution in [0.3, 0.4) is 0 Å². The van der Waals surface area contributed by atoms with Crippen LogP contribution in [0, 0.1) is 0 Å². The van der Waals surface area contributed by atoms with Gasteiger partial charge in [0.1, 0.15) is 5.75 Å². The fourth-order valence-electron chi connectivity index (χ4n) is 3.78. The predicted octanol–water partition coefficient (Wildman–Crippen LogP) is 4.51. The number of piperidine rings is 1. The van der Waals surface area contributed by atoms with Crippen LogP contribution in [0.5, 0.6) is 5.75 Å². The number of rotatable bonds is 3. The van der Waals surface area contributed by atoms with Crippen molar-refractivity contribution in [2.45, 2.75) is 77.8 Å². The molecule has 0 aliphatic carbocycles. The molecule has 1 heterocycles. The number of phenolic OH excluding ortho intramolecular Hbond substituents is 1. The number of benzene rings is 1. The van der Waals surface area contributed by atoms with Crippen LogP contribution in [0.15, 0.2) is 12.1 Å². The van der Waals surface area contributed by atoms with Crippen molar-refractivity contribution in [1.82, 2.24) is 9.80 Å². The molecule has 0 bridgehead atoms. The van der Waals surface area contributed by atoms with Crippen molar-refractivity contribution in [3.05, 3.63) is 28.8 Å². The molecular formula is C22H38N2O. The summed E-state index contributed by atoms with van der Waals surface area (Å²) in [5.74, 6) is 0.477. The van der Waals surface area contributed by atoms with Crippen LogP contribution in [0.25, 0.3) is 0 Å². The third-order valence-corrected chi connectivity index (χ3v) is 5.53. The van der Waals surface area contributed by atoms with Gasteiger partial charge in [-0.15, -0.1) is 0 Å². The number of hydrogen-bond acceptors (Lipinski definition) is 3. The van der Waals surface area contributed by atoms with Crippen LogP contribution in [0.2, 0.25) is 0 Å². The summed E-state index contributed by atoms with van der Waals surface area (Å²) in [6, 6.07) is 5.09. The number of likely N-dealkylation sites (tertiary alicyclic amines) is 1. The first-order valence-corrected chi connectivity index (χ1v) is 9.65. The summed E-state index contributed by atoms with van der Waals surface area (Å²) < 4.78 is 0. The van der Waals surface area contributed by atoms with Crippen LogP contribution < -0.4 is 0 Å². The van der Waals surface area contributed by atoms with E-state index in [-0.39, 0.29) is 10.8 Å². The molecule has 0 unspecified atom stereocenters. The number of hydrogen-bond donors (Lipinski definition) is 1. The molecule has 1 saturated heterocycles. The quantitative estimate of drug-likeness (QED) is 0.872. The van der Waals surface area contributed by atoms with Crippen LogP contribution in [0.4, 0.5) is 0 Å². The van der Waals surface area contributed by atoms with Gasteiger partial charge in [0.05, 0.1) is 0 Å². The molecule has 0 amide bonds. The summed E-state index contributed by atoms with van der Waals surface area (Å²) in [7, 11) is 4.46. The van der Waals surface area contributed by atoms with E-state index < -0.39 is 0 Å². The normalized spacial score (nSPS) is 18.1.